The largest absolute Gasteiger partial charge is 0.490 e. The quantitative estimate of drug-likeness (QED) is 0.541. The summed E-state index contributed by atoms with van der Waals surface area (Å²) in [4.78, 5) is 18.1. The second-order valence-electron chi connectivity index (χ2n) is 6.07. The van der Waals surface area contributed by atoms with Crippen molar-refractivity contribution in [1.29, 1.82) is 0 Å². The highest BCUT2D eigenvalue weighted by atomic mass is 35.5. The number of hydrogen-bond acceptors (Lipinski definition) is 6. The number of aromatic amines is 1. The number of halogens is 1. The molecule has 0 aliphatic carbocycles. The van der Waals surface area contributed by atoms with Crippen LogP contribution in [0.3, 0.4) is 0 Å². The van der Waals surface area contributed by atoms with Crippen molar-refractivity contribution in [2.45, 2.75) is 27.7 Å². The molecule has 2 rings (SSSR count). The molecule has 2 aromatic rings. The third-order valence-electron chi connectivity index (χ3n) is 3.15. The summed E-state index contributed by atoms with van der Waals surface area (Å²) in [5.74, 6) is 1.72. The third-order valence-corrected chi connectivity index (χ3v) is 3.43. The van der Waals surface area contributed by atoms with Gasteiger partial charge >= 0.3 is 0 Å². The van der Waals surface area contributed by atoms with Crippen LogP contribution < -0.4 is 20.5 Å². The highest BCUT2D eigenvalue weighted by Crippen LogP contribution is 2.36. The van der Waals surface area contributed by atoms with E-state index in [4.69, 9.17) is 21.1 Å². The Hall–Kier alpha value is -2.54. The minimum atomic E-state index is -0.247. The Morgan fingerprint density at radius 2 is 2.12 bits per heavy atom. The molecule has 0 amide bonds. The molecule has 0 saturated heterocycles. The summed E-state index contributed by atoms with van der Waals surface area (Å²) < 4.78 is 11.4. The van der Waals surface area contributed by atoms with Crippen molar-refractivity contribution < 1.29 is 9.47 Å². The maximum absolute atomic E-state index is 11.4. The van der Waals surface area contributed by atoms with E-state index in [9.17, 15) is 4.79 Å². The van der Waals surface area contributed by atoms with Gasteiger partial charge in [0.25, 0.3) is 5.56 Å². The van der Waals surface area contributed by atoms with Gasteiger partial charge in [-0.15, -0.1) is 0 Å². The molecular formula is C18H23ClN4O3. The Bertz CT molecular complexity index is 834. The Morgan fingerprint density at radius 1 is 1.35 bits per heavy atom. The van der Waals surface area contributed by atoms with Crippen LogP contribution in [-0.4, -0.2) is 29.4 Å². The van der Waals surface area contributed by atoms with E-state index in [1.54, 1.807) is 25.3 Å². The van der Waals surface area contributed by atoms with Gasteiger partial charge in [-0.1, -0.05) is 25.4 Å². The molecular weight excluding hydrogens is 356 g/mol. The monoisotopic (exact) mass is 378 g/mol. The van der Waals surface area contributed by atoms with E-state index in [2.05, 4.69) is 34.3 Å². The van der Waals surface area contributed by atoms with Gasteiger partial charge in [-0.2, -0.15) is 5.10 Å². The molecule has 0 atom stereocenters. The lowest BCUT2D eigenvalue weighted by molar-refractivity contribution is 0.248. The zero-order valence-corrected chi connectivity index (χ0v) is 16.1. The molecule has 1 aromatic heterocycles. The van der Waals surface area contributed by atoms with Crippen molar-refractivity contribution in [3.8, 4) is 11.5 Å². The molecule has 0 fully saturated rings. The number of hydrazone groups is 1. The minimum absolute atomic E-state index is 0.247. The van der Waals surface area contributed by atoms with Gasteiger partial charge in [0.1, 0.15) is 0 Å². The SMILES string of the molecule is CCOc1cc(/C=N\Nc2nc(C)cc(=O)[nH]2)cc(Cl)c1OCC(C)C. The van der Waals surface area contributed by atoms with Crippen LogP contribution >= 0.6 is 11.6 Å². The van der Waals surface area contributed by atoms with Crippen molar-refractivity contribution in [3.63, 3.8) is 0 Å². The summed E-state index contributed by atoms with van der Waals surface area (Å²) in [5.41, 5.74) is 3.76. The summed E-state index contributed by atoms with van der Waals surface area (Å²) in [6.07, 6.45) is 1.56. The molecule has 0 unspecified atom stereocenters. The first kappa shape index (κ1) is 19.8. The maximum atomic E-state index is 11.4. The minimum Gasteiger partial charge on any atom is -0.490 e. The zero-order chi connectivity index (χ0) is 19.1. The molecule has 0 bridgehead atoms. The second-order valence-corrected chi connectivity index (χ2v) is 6.48. The first-order chi connectivity index (χ1) is 12.4. The van der Waals surface area contributed by atoms with Crippen LogP contribution in [0.5, 0.6) is 11.5 Å². The molecule has 0 saturated carbocycles. The topological polar surface area (TPSA) is 88.6 Å². The molecule has 7 nitrogen and oxygen atoms in total. The number of aromatic nitrogens is 2. The fraction of sp³-hybridized carbons (Fsp3) is 0.389. The van der Waals surface area contributed by atoms with Gasteiger partial charge in [-0.25, -0.2) is 10.4 Å². The number of H-pyrrole nitrogens is 1. The molecule has 2 N–H and O–H groups in total. The predicted octanol–water partition coefficient (Wildman–Crippen LogP) is 3.61. The first-order valence-corrected chi connectivity index (χ1v) is 8.73. The van der Waals surface area contributed by atoms with Crippen LogP contribution in [0.4, 0.5) is 5.95 Å². The fourth-order valence-corrected chi connectivity index (χ4v) is 2.39. The summed E-state index contributed by atoms with van der Waals surface area (Å²) in [5, 5.41) is 4.52. The van der Waals surface area contributed by atoms with Crippen LogP contribution in [-0.2, 0) is 0 Å². The first-order valence-electron chi connectivity index (χ1n) is 8.35. The summed E-state index contributed by atoms with van der Waals surface area (Å²) >= 11 is 6.34. The number of ether oxygens (including phenoxy) is 2. The normalized spacial score (nSPS) is 11.2. The molecule has 1 heterocycles. The standard InChI is InChI=1S/C18H23ClN4O3/c1-5-25-15-8-13(7-14(19)17(15)26-10-11(2)3)9-20-23-18-21-12(4)6-16(24)22-18/h6-9,11H,5,10H2,1-4H3,(H2,21,22,23,24)/b20-9-. The lowest BCUT2D eigenvalue weighted by Crippen LogP contribution is -2.10. The summed E-state index contributed by atoms with van der Waals surface area (Å²) in [6.45, 7) is 8.77. The van der Waals surface area contributed by atoms with Crippen molar-refractivity contribution in [2.24, 2.45) is 11.0 Å². The third kappa shape index (κ3) is 5.77. The van der Waals surface area contributed by atoms with Gasteiger partial charge in [-0.05, 0) is 37.5 Å². The molecule has 0 aliphatic rings. The Balaban J connectivity index is 2.19. The number of benzene rings is 1. The summed E-state index contributed by atoms with van der Waals surface area (Å²) in [6, 6.07) is 4.93. The Labute approximate surface area is 157 Å². The van der Waals surface area contributed by atoms with Gasteiger partial charge in [-0.3, -0.25) is 9.78 Å². The van der Waals surface area contributed by atoms with E-state index in [0.29, 0.717) is 41.3 Å². The average molecular weight is 379 g/mol. The van der Waals surface area contributed by atoms with E-state index >= 15 is 0 Å². The lowest BCUT2D eigenvalue weighted by Gasteiger charge is -2.15. The number of hydrogen-bond donors (Lipinski definition) is 2. The lowest BCUT2D eigenvalue weighted by atomic mass is 10.2. The zero-order valence-electron chi connectivity index (χ0n) is 15.3. The number of nitrogens with zero attached hydrogens (tertiary/aromatic N) is 2. The molecule has 140 valence electrons. The molecule has 1 aromatic carbocycles. The van der Waals surface area contributed by atoms with Crippen LogP contribution in [0.1, 0.15) is 32.0 Å². The smallest absolute Gasteiger partial charge is 0.252 e. The second kappa shape index (κ2) is 9.24. The molecule has 0 radical (unpaired) electrons. The summed E-state index contributed by atoms with van der Waals surface area (Å²) in [7, 11) is 0. The van der Waals surface area contributed by atoms with E-state index in [0.717, 1.165) is 5.56 Å². The van der Waals surface area contributed by atoms with Crippen molar-refractivity contribution in [1.82, 2.24) is 9.97 Å². The van der Waals surface area contributed by atoms with E-state index in [-0.39, 0.29) is 11.5 Å². The van der Waals surface area contributed by atoms with Crippen LogP contribution in [0.2, 0.25) is 5.02 Å². The predicted molar refractivity (Wildman–Crippen MR) is 104 cm³/mol. The van der Waals surface area contributed by atoms with Crippen LogP contribution in [0.25, 0.3) is 0 Å². The number of aryl methyl sites for hydroxylation is 1. The van der Waals surface area contributed by atoms with E-state index in [1.165, 1.54) is 6.07 Å². The number of anilines is 1. The molecule has 0 spiro atoms. The fourth-order valence-electron chi connectivity index (χ4n) is 2.12. The molecule has 8 heteroatoms. The highest BCUT2D eigenvalue weighted by Gasteiger charge is 2.13. The Kier molecular flexibility index (Phi) is 7.03. The van der Waals surface area contributed by atoms with E-state index < -0.39 is 0 Å². The van der Waals surface area contributed by atoms with Crippen LogP contribution in [0, 0.1) is 12.8 Å². The van der Waals surface area contributed by atoms with Gasteiger partial charge in [0.05, 0.1) is 24.5 Å². The number of nitrogens with one attached hydrogen (secondary N) is 2. The van der Waals surface area contributed by atoms with Crippen molar-refractivity contribution >= 4 is 23.8 Å². The number of rotatable bonds is 8. The average Bonchev–Trinajstić information content (AvgIpc) is 2.53. The van der Waals surface area contributed by atoms with E-state index in [1.807, 2.05) is 6.92 Å². The van der Waals surface area contributed by atoms with Gasteiger partial charge in [0.2, 0.25) is 5.95 Å². The van der Waals surface area contributed by atoms with Crippen molar-refractivity contribution in [2.75, 3.05) is 18.6 Å². The van der Waals surface area contributed by atoms with Gasteiger partial charge in [0.15, 0.2) is 11.5 Å². The maximum Gasteiger partial charge on any atom is 0.252 e. The van der Waals surface area contributed by atoms with Gasteiger partial charge in [0, 0.05) is 11.8 Å². The van der Waals surface area contributed by atoms with Crippen molar-refractivity contribution in [3.05, 3.63) is 44.8 Å². The Morgan fingerprint density at radius 3 is 2.77 bits per heavy atom. The molecule has 0 aliphatic heterocycles. The highest BCUT2D eigenvalue weighted by molar-refractivity contribution is 6.32. The van der Waals surface area contributed by atoms with Gasteiger partial charge < -0.3 is 9.47 Å². The molecule has 26 heavy (non-hydrogen) atoms. The van der Waals surface area contributed by atoms with Crippen LogP contribution in [0.15, 0.2) is 28.1 Å².